The first-order chi connectivity index (χ1) is 8.63. The van der Waals surface area contributed by atoms with Gasteiger partial charge in [-0.15, -0.1) is 0 Å². The van der Waals surface area contributed by atoms with E-state index in [1.807, 2.05) is 0 Å². The van der Waals surface area contributed by atoms with Crippen LogP contribution in [0.25, 0.3) is 10.9 Å². The van der Waals surface area contributed by atoms with Crippen LogP contribution in [0.1, 0.15) is 10.5 Å². The molecule has 2 aromatic rings. The highest BCUT2D eigenvalue weighted by Crippen LogP contribution is 2.36. The smallest absolute Gasteiger partial charge is 0.271 e. The van der Waals surface area contributed by atoms with E-state index in [-0.39, 0.29) is 10.9 Å². The van der Waals surface area contributed by atoms with E-state index in [1.165, 1.54) is 19.2 Å². The van der Waals surface area contributed by atoms with Crippen molar-refractivity contribution in [2.75, 3.05) is 13.7 Å². The van der Waals surface area contributed by atoms with Crippen molar-refractivity contribution in [2.24, 2.45) is 0 Å². The van der Waals surface area contributed by atoms with Crippen molar-refractivity contribution in [3.05, 3.63) is 28.7 Å². The number of halogens is 2. The number of rotatable bonds is 1. The van der Waals surface area contributed by atoms with Crippen LogP contribution in [0, 0.1) is 5.82 Å². The highest BCUT2D eigenvalue weighted by molar-refractivity contribution is 6.31. The number of hydrogen-bond donors (Lipinski definition) is 1. The number of fused-ring (bicyclic) bond motifs is 3. The van der Waals surface area contributed by atoms with Crippen molar-refractivity contribution in [3.8, 4) is 5.75 Å². The molecule has 3 rings (SSSR count). The molecule has 0 saturated carbocycles. The molecule has 94 valence electrons. The first kappa shape index (κ1) is 11.3. The number of amides is 1. The zero-order chi connectivity index (χ0) is 12.9. The fraction of sp³-hybridized carbons (Fsp3) is 0.250. The minimum absolute atomic E-state index is 0.0384. The van der Waals surface area contributed by atoms with Crippen molar-refractivity contribution >= 4 is 28.4 Å². The summed E-state index contributed by atoms with van der Waals surface area (Å²) in [5.74, 6) is -0.352. The molecule has 0 aliphatic carbocycles. The van der Waals surface area contributed by atoms with Gasteiger partial charge < -0.3 is 14.6 Å². The molecule has 18 heavy (non-hydrogen) atoms. The Hall–Kier alpha value is -1.75. The first-order valence-corrected chi connectivity index (χ1v) is 5.84. The van der Waals surface area contributed by atoms with Crippen molar-refractivity contribution < 1.29 is 13.9 Å². The van der Waals surface area contributed by atoms with Gasteiger partial charge in [0.05, 0.1) is 17.6 Å². The molecular formula is C12H10ClFN2O2. The normalized spacial score (nSPS) is 14.5. The van der Waals surface area contributed by atoms with E-state index in [1.54, 1.807) is 4.57 Å². The molecule has 1 aliphatic heterocycles. The molecule has 1 N–H and O–H groups in total. The van der Waals surface area contributed by atoms with Crippen LogP contribution in [0.5, 0.6) is 5.75 Å². The fourth-order valence-corrected chi connectivity index (χ4v) is 2.50. The largest absolute Gasteiger partial charge is 0.494 e. The number of carbonyl (C=O) groups is 1. The molecule has 1 aromatic carbocycles. The fourth-order valence-electron chi connectivity index (χ4n) is 2.34. The highest BCUT2D eigenvalue weighted by Gasteiger charge is 2.27. The lowest BCUT2D eigenvalue weighted by Crippen LogP contribution is -2.35. The van der Waals surface area contributed by atoms with Crippen molar-refractivity contribution in [1.82, 2.24) is 9.88 Å². The van der Waals surface area contributed by atoms with Gasteiger partial charge in [-0.2, -0.15) is 0 Å². The van der Waals surface area contributed by atoms with Gasteiger partial charge in [0.1, 0.15) is 5.82 Å². The second-order valence-corrected chi connectivity index (χ2v) is 4.48. The third-order valence-electron chi connectivity index (χ3n) is 3.10. The molecule has 0 spiro atoms. The number of ether oxygens (including phenoxy) is 1. The molecule has 1 amide bonds. The Labute approximate surface area is 107 Å². The number of nitrogens with one attached hydrogen (secondary N) is 1. The van der Waals surface area contributed by atoms with Gasteiger partial charge in [-0.3, -0.25) is 4.79 Å². The van der Waals surface area contributed by atoms with Crippen molar-refractivity contribution in [2.45, 2.75) is 6.54 Å². The lowest BCUT2D eigenvalue weighted by molar-refractivity contribution is 0.0925. The monoisotopic (exact) mass is 268 g/mol. The molecule has 1 aromatic heterocycles. The Kier molecular flexibility index (Phi) is 2.45. The van der Waals surface area contributed by atoms with Crippen LogP contribution in [-0.4, -0.2) is 24.1 Å². The maximum Gasteiger partial charge on any atom is 0.271 e. The number of hydrogen-bond acceptors (Lipinski definition) is 2. The summed E-state index contributed by atoms with van der Waals surface area (Å²) in [5, 5.41) is 3.34. The Bertz CT molecular complexity index is 627. The molecule has 2 heterocycles. The first-order valence-electron chi connectivity index (χ1n) is 5.47. The molecular weight excluding hydrogens is 259 g/mol. The molecule has 0 fully saturated rings. The average molecular weight is 269 g/mol. The Morgan fingerprint density at radius 2 is 2.28 bits per heavy atom. The molecule has 0 atom stereocenters. The van der Waals surface area contributed by atoms with E-state index < -0.39 is 5.82 Å². The summed E-state index contributed by atoms with van der Waals surface area (Å²) in [5.41, 5.74) is 1.13. The third-order valence-corrected chi connectivity index (χ3v) is 3.39. The molecule has 0 bridgehead atoms. The van der Waals surface area contributed by atoms with Gasteiger partial charge in [0, 0.05) is 18.5 Å². The van der Waals surface area contributed by atoms with E-state index in [0.717, 1.165) is 0 Å². The Morgan fingerprint density at radius 3 is 3.00 bits per heavy atom. The summed E-state index contributed by atoms with van der Waals surface area (Å²) < 4.78 is 20.6. The lowest BCUT2D eigenvalue weighted by Gasteiger charge is -2.17. The van der Waals surface area contributed by atoms with Gasteiger partial charge >= 0.3 is 0 Å². The predicted octanol–water partition coefficient (Wildman–Crippen LogP) is 2.19. The van der Waals surface area contributed by atoms with Crippen LogP contribution >= 0.6 is 11.6 Å². The standard InChI is InChI=1S/C12H10ClFN2O2/c1-18-11-6-4-8(14)7(13)5-9(6)16-3-2-15-12(17)10(11)16/h4-5H,2-3H2,1H3,(H,15,17). The van der Waals surface area contributed by atoms with E-state index in [2.05, 4.69) is 5.32 Å². The van der Waals surface area contributed by atoms with Crippen LogP contribution in [0.2, 0.25) is 5.02 Å². The summed E-state index contributed by atoms with van der Waals surface area (Å²) in [6.07, 6.45) is 0. The number of carbonyl (C=O) groups excluding carboxylic acids is 1. The predicted molar refractivity (Wildman–Crippen MR) is 65.8 cm³/mol. The van der Waals surface area contributed by atoms with Gasteiger partial charge in [0.15, 0.2) is 11.4 Å². The minimum atomic E-state index is -0.522. The zero-order valence-electron chi connectivity index (χ0n) is 9.59. The second-order valence-electron chi connectivity index (χ2n) is 4.07. The van der Waals surface area contributed by atoms with E-state index in [4.69, 9.17) is 16.3 Å². The molecule has 0 radical (unpaired) electrons. The topological polar surface area (TPSA) is 43.3 Å². The van der Waals surface area contributed by atoms with Crippen LogP contribution in [0.3, 0.4) is 0 Å². The van der Waals surface area contributed by atoms with Crippen LogP contribution in [0.4, 0.5) is 4.39 Å². The number of methoxy groups -OCH3 is 1. The lowest BCUT2D eigenvalue weighted by atomic mass is 10.2. The van der Waals surface area contributed by atoms with E-state index >= 15 is 0 Å². The SMILES string of the molecule is COc1c2n(c3cc(Cl)c(F)cc13)CCNC2=O. The van der Waals surface area contributed by atoms with Gasteiger partial charge in [-0.25, -0.2) is 4.39 Å². The third kappa shape index (κ3) is 1.40. The summed E-state index contributed by atoms with van der Waals surface area (Å²) in [4.78, 5) is 11.9. The zero-order valence-corrected chi connectivity index (χ0v) is 10.3. The maximum atomic E-state index is 13.5. The highest BCUT2D eigenvalue weighted by atomic mass is 35.5. The van der Waals surface area contributed by atoms with E-state index in [9.17, 15) is 9.18 Å². The molecule has 1 aliphatic rings. The van der Waals surface area contributed by atoms with Gasteiger partial charge in [0.2, 0.25) is 0 Å². The summed E-state index contributed by atoms with van der Waals surface area (Å²) >= 11 is 5.79. The molecule has 0 unspecified atom stereocenters. The van der Waals surface area contributed by atoms with Gasteiger partial charge in [0.25, 0.3) is 5.91 Å². The maximum absolute atomic E-state index is 13.5. The number of benzene rings is 1. The van der Waals surface area contributed by atoms with Gasteiger partial charge in [-0.1, -0.05) is 11.6 Å². The molecule has 0 saturated heterocycles. The van der Waals surface area contributed by atoms with Crippen LogP contribution in [0.15, 0.2) is 12.1 Å². The van der Waals surface area contributed by atoms with Crippen LogP contribution < -0.4 is 10.1 Å². The molecule has 6 heteroatoms. The Morgan fingerprint density at radius 1 is 1.50 bits per heavy atom. The summed E-state index contributed by atoms with van der Waals surface area (Å²) in [7, 11) is 1.46. The van der Waals surface area contributed by atoms with Crippen molar-refractivity contribution in [1.29, 1.82) is 0 Å². The summed E-state index contributed by atoms with van der Waals surface area (Å²) in [6, 6.07) is 2.83. The molecule has 4 nitrogen and oxygen atoms in total. The van der Waals surface area contributed by atoms with Crippen molar-refractivity contribution in [3.63, 3.8) is 0 Å². The average Bonchev–Trinajstić information content (AvgIpc) is 2.65. The van der Waals surface area contributed by atoms with E-state index in [0.29, 0.717) is 35.4 Å². The number of nitrogens with zero attached hydrogens (tertiary/aromatic N) is 1. The number of aromatic nitrogens is 1. The quantitative estimate of drug-likeness (QED) is 0.862. The minimum Gasteiger partial charge on any atom is -0.494 e. The second kappa shape index (κ2) is 3.88. The van der Waals surface area contributed by atoms with Crippen LogP contribution in [-0.2, 0) is 6.54 Å². The Balaban J connectivity index is 2.44. The summed E-state index contributed by atoms with van der Waals surface area (Å²) in [6.45, 7) is 1.15. The van der Waals surface area contributed by atoms with Gasteiger partial charge in [-0.05, 0) is 12.1 Å².